The van der Waals surface area contributed by atoms with E-state index in [0.717, 1.165) is 12.1 Å². The second kappa shape index (κ2) is 8.03. The van der Waals surface area contributed by atoms with Crippen molar-refractivity contribution in [2.24, 2.45) is 5.92 Å². The summed E-state index contributed by atoms with van der Waals surface area (Å²) >= 11 is 1.41. The van der Waals surface area contributed by atoms with Crippen LogP contribution in [0.5, 0.6) is 5.75 Å². The van der Waals surface area contributed by atoms with Crippen LogP contribution in [0.15, 0.2) is 42.5 Å². The zero-order valence-electron chi connectivity index (χ0n) is 17.9. The zero-order chi connectivity index (χ0) is 23.3. The van der Waals surface area contributed by atoms with Gasteiger partial charge in [-0.2, -0.15) is 13.2 Å². The molecule has 4 rings (SSSR count). The number of amides is 2. The molecule has 2 heterocycles. The lowest BCUT2D eigenvalue weighted by Crippen LogP contribution is -2.51. The van der Waals surface area contributed by atoms with Gasteiger partial charge >= 0.3 is 6.18 Å². The summed E-state index contributed by atoms with van der Waals surface area (Å²) in [6.45, 7) is 4.14. The van der Waals surface area contributed by atoms with Gasteiger partial charge in [-0.05, 0) is 35.9 Å². The molecule has 0 aromatic heterocycles. The van der Waals surface area contributed by atoms with E-state index in [0.29, 0.717) is 34.9 Å². The summed E-state index contributed by atoms with van der Waals surface area (Å²) in [7, 11) is 1.53. The van der Waals surface area contributed by atoms with Crippen LogP contribution in [-0.4, -0.2) is 36.1 Å². The summed E-state index contributed by atoms with van der Waals surface area (Å²) in [6, 6.07) is 10.1. The van der Waals surface area contributed by atoms with Crippen LogP contribution in [0.3, 0.4) is 0 Å². The maximum atomic E-state index is 13.8. The van der Waals surface area contributed by atoms with Gasteiger partial charge in [0.15, 0.2) is 4.87 Å². The number of fused-ring (bicyclic) bond motifs is 2. The Morgan fingerprint density at radius 3 is 2.47 bits per heavy atom. The first-order valence-electron chi connectivity index (χ1n) is 10.2. The van der Waals surface area contributed by atoms with Crippen molar-refractivity contribution in [1.82, 2.24) is 4.90 Å². The first-order chi connectivity index (χ1) is 15.1. The minimum absolute atomic E-state index is 0.0995. The number of alkyl halides is 3. The number of benzene rings is 2. The van der Waals surface area contributed by atoms with E-state index in [2.05, 4.69) is 0 Å². The van der Waals surface area contributed by atoms with E-state index in [4.69, 9.17) is 4.74 Å². The van der Waals surface area contributed by atoms with Gasteiger partial charge in [-0.3, -0.25) is 9.59 Å². The number of methoxy groups -OCH3 is 1. The van der Waals surface area contributed by atoms with E-state index < -0.39 is 16.6 Å². The topological polar surface area (TPSA) is 49.9 Å². The van der Waals surface area contributed by atoms with Crippen molar-refractivity contribution in [3.63, 3.8) is 0 Å². The van der Waals surface area contributed by atoms with Gasteiger partial charge in [0, 0.05) is 23.8 Å². The third-order valence-corrected chi connectivity index (χ3v) is 7.20. The number of ether oxygens (including phenoxy) is 1. The second-order valence-electron chi connectivity index (χ2n) is 8.11. The number of anilines is 1. The van der Waals surface area contributed by atoms with Crippen LogP contribution in [0.25, 0.3) is 0 Å². The molecule has 2 aromatic rings. The predicted octanol–water partition coefficient (Wildman–Crippen LogP) is 4.65. The summed E-state index contributed by atoms with van der Waals surface area (Å²) in [5.74, 6) is 0.508. The Kier molecular flexibility index (Phi) is 5.65. The molecule has 2 aliphatic rings. The number of carbonyl (C=O) groups is 2. The SMILES string of the molecule is COc1ccc2c(c1)[C@]1(SCCN1C(=O)C(C)C)C(=O)N2Cc1ccc(C(F)(F)F)cc1. The van der Waals surface area contributed by atoms with Crippen molar-refractivity contribution in [1.29, 1.82) is 0 Å². The molecule has 2 aliphatic heterocycles. The smallest absolute Gasteiger partial charge is 0.416 e. The molecule has 0 unspecified atom stereocenters. The Morgan fingerprint density at radius 1 is 1.19 bits per heavy atom. The molecule has 0 aliphatic carbocycles. The molecule has 170 valence electrons. The number of hydrogen-bond donors (Lipinski definition) is 0. The Labute approximate surface area is 188 Å². The van der Waals surface area contributed by atoms with Crippen LogP contribution < -0.4 is 9.64 Å². The van der Waals surface area contributed by atoms with Crippen molar-refractivity contribution in [2.75, 3.05) is 24.3 Å². The molecule has 1 saturated heterocycles. The van der Waals surface area contributed by atoms with Crippen LogP contribution in [0.4, 0.5) is 18.9 Å². The van der Waals surface area contributed by atoms with E-state index in [1.165, 1.54) is 31.0 Å². The van der Waals surface area contributed by atoms with Gasteiger partial charge in [0.25, 0.3) is 5.91 Å². The minimum atomic E-state index is -4.42. The normalized spacial score (nSPS) is 20.4. The van der Waals surface area contributed by atoms with Crippen LogP contribution in [0.1, 0.15) is 30.5 Å². The molecule has 0 N–H and O–H groups in total. The lowest BCUT2D eigenvalue weighted by atomic mass is 10.0. The van der Waals surface area contributed by atoms with E-state index in [-0.39, 0.29) is 24.3 Å². The van der Waals surface area contributed by atoms with Crippen molar-refractivity contribution >= 4 is 29.3 Å². The van der Waals surface area contributed by atoms with Gasteiger partial charge in [-0.25, -0.2) is 0 Å². The minimum Gasteiger partial charge on any atom is -0.497 e. The van der Waals surface area contributed by atoms with Gasteiger partial charge in [0.2, 0.25) is 5.91 Å². The molecule has 1 spiro atoms. The van der Waals surface area contributed by atoms with Crippen molar-refractivity contribution in [3.8, 4) is 5.75 Å². The van der Waals surface area contributed by atoms with Gasteiger partial charge in [0.05, 0.1) is 24.9 Å². The Balaban J connectivity index is 1.76. The molecule has 0 bridgehead atoms. The van der Waals surface area contributed by atoms with Gasteiger partial charge in [-0.15, -0.1) is 11.8 Å². The highest BCUT2D eigenvalue weighted by Gasteiger charge is 2.59. The summed E-state index contributed by atoms with van der Waals surface area (Å²) in [5, 5.41) is 0. The van der Waals surface area contributed by atoms with Crippen LogP contribution in [-0.2, 0) is 27.2 Å². The van der Waals surface area contributed by atoms with Crippen LogP contribution in [0, 0.1) is 5.92 Å². The first-order valence-corrected chi connectivity index (χ1v) is 11.2. The molecule has 5 nitrogen and oxygen atoms in total. The van der Waals surface area contributed by atoms with Crippen LogP contribution >= 0.6 is 11.8 Å². The van der Waals surface area contributed by atoms with E-state index >= 15 is 0 Å². The van der Waals surface area contributed by atoms with Crippen molar-refractivity contribution in [3.05, 3.63) is 59.2 Å². The fourth-order valence-corrected chi connectivity index (χ4v) is 5.65. The quantitative estimate of drug-likeness (QED) is 0.661. The second-order valence-corrected chi connectivity index (χ2v) is 9.39. The lowest BCUT2D eigenvalue weighted by Gasteiger charge is -2.34. The molecule has 1 atom stereocenters. The van der Waals surface area contributed by atoms with E-state index in [1.807, 2.05) is 0 Å². The number of nitrogens with zero attached hydrogens (tertiary/aromatic N) is 2. The number of carbonyl (C=O) groups excluding carboxylic acids is 2. The largest absolute Gasteiger partial charge is 0.497 e. The van der Waals surface area contributed by atoms with Gasteiger partial charge < -0.3 is 14.5 Å². The number of halogens is 3. The van der Waals surface area contributed by atoms with Crippen molar-refractivity contribution in [2.45, 2.75) is 31.4 Å². The Bertz CT molecular complexity index is 1060. The van der Waals surface area contributed by atoms with Gasteiger partial charge in [-0.1, -0.05) is 26.0 Å². The molecule has 9 heteroatoms. The van der Waals surface area contributed by atoms with Crippen molar-refractivity contribution < 1.29 is 27.5 Å². The monoisotopic (exact) mass is 464 g/mol. The highest BCUT2D eigenvalue weighted by molar-refractivity contribution is 8.01. The highest BCUT2D eigenvalue weighted by atomic mass is 32.2. The third kappa shape index (κ3) is 3.52. The molecular formula is C23H23F3N2O3S. The number of hydrogen-bond acceptors (Lipinski definition) is 4. The highest BCUT2D eigenvalue weighted by Crippen LogP contribution is 2.55. The maximum Gasteiger partial charge on any atom is 0.416 e. The lowest BCUT2D eigenvalue weighted by molar-refractivity contribution is -0.142. The molecule has 2 amide bonds. The number of thioether (sulfide) groups is 1. The molecule has 0 saturated carbocycles. The summed E-state index contributed by atoms with van der Waals surface area (Å²) in [6.07, 6.45) is -4.42. The predicted molar refractivity (Wildman–Crippen MR) is 116 cm³/mol. The fraction of sp³-hybridized carbons (Fsp3) is 0.391. The van der Waals surface area contributed by atoms with Crippen LogP contribution in [0.2, 0.25) is 0 Å². The number of rotatable bonds is 4. The van der Waals surface area contributed by atoms with Gasteiger partial charge in [0.1, 0.15) is 5.75 Å². The first kappa shape index (κ1) is 22.5. The third-order valence-electron chi connectivity index (χ3n) is 5.78. The standard InChI is InChI=1S/C23H23F3N2O3S/c1-14(2)20(29)28-10-11-32-22(28)18-12-17(31-3)8-9-19(18)27(21(22)30)13-15-4-6-16(7-5-15)23(24,25)26/h4-9,12,14H,10-11,13H2,1-3H3/t22-/m0/s1. The van der Waals surface area contributed by atoms with E-state index in [1.54, 1.807) is 41.8 Å². The molecular weight excluding hydrogens is 441 g/mol. The Morgan fingerprint density at radius 2 is 1.88 bits per heavy atom. The fourth-order valence-electron chi connectivity index (χ4n) is 4.19. The van der Waals surface area contributed by atoms with E-state index in [9.17, 15) is 22.8 Å². The summed E-state index contributed by atoms with van der Waals surface area (Å²) in [5.41, 5.74) is 1.13. The maximum absolute atomic E-state index is 13.8. The summed E-state index contributed by atoms with van der Waals surface area (Å²) < 4.78 is 44.1. The molecule has 1 fully saturated rings. The summed E-state index contributed by atoms with van der Waals surface area (Å²) in [4.78, 5) is 28.9. The zero-order valence-corrected chi connectivity index (χ0v) is 18.7. The molecule has 2 aromatic carbocycles. The Hall–Kier alpha value is -2.68. The molecule has 0 radical (unpaired) electrons. The molecule has 32 heavy (non-hydrogen) atoms. The average Bonchev–Trinajstić information content (AvgIpc) is 3.29. The average molecular weight is 465 g/mol.